The summed E-state index contributed by atoms with van der Waals surface area (Å²) in [5.41, 5.74) is 0.194. The van der Waals surface area contributed by atoms with Crippen molar-refractivity contribution in [2.75, 3.05) is 6.54 Å². The van der Waals surface area contributed by atoms with Crippen molar-refractivity contribution < 1.29 is 5.11 Å². The van der Waals surface area contributed by atoms with Crippen LogP contribution >= 0.6 is 12.8 Å². The molecule has 0 saturated heterocycles. The Morgan fingerprint density at radius 2 is 2.14 bits per heavy atom. The first-order valence-electron chi connectivity index (χ1n) is 5.75. The van der Waals surface area contributed by atoms with E-state index in [0.29, 0.717) is 11.3 Å². The van der Waals surface area contributed by atoms with Crippen molar-refractivity contribution >= 4 is 12.8 Å². The van der Waals surface area contributed by atoms with Crippen molar-refractivity contribution in [3.8, 4) is 0 Å². The molecule has 2 nitrogen and oxygen atoms in total. The van der Waals surface area contributed by atoms with Gasteiger partial charge in [-0.25, -0.2) is 0 Å². The highest BCUT2D eigenvalue weighted by Gasteiger charge is 2.58. The smallest absolute Gasteiger partial charge is 0.0679 e. The van der Waals surface area contributed by atoms with Gasteiger partial charge in [-0.1, -0.05) is 12.8 Å². The summed E-state index contributed by atoms with van der Waals surface area (Å²) in [6.07, 6.45) is 7.14. The molecule has 3 aliphatic carbocycles. The minimum Gasteiger partial charge on any atom is -0.390 e. The summed E-state index contributed by atoms with van der Waals surface area (Å²) in [6.45, 7) is 1.03. The molecule has 0 aromatic carbocycles. The number of aliphatic hydroxyl groups is 1. The normalized spacial score (nSPS) is 55.3. The van der Waals surface area contributed by atoms with Crippen molar-refractivity contribution in [2.45, 2.75) is 44.1 Å². The SMILES string of the molecule is OC12CCC3(CNS)CC(CC1C3)C2. The van der Waals surface area contributed by atoms with Gasteiger partial charge in [0.2, 0.25) is 0 Å². The van der Waals surface area contributed by atoms with E-state index in [9.17, 15) is 5.11 Å². The second-order valence-electron chi connectivity index (χ2n) is 5.85. The molecule has 0 radical (unpaired) electrons. The van der Waals surface area contributed by atoms with Crippen molar-refractivity contribution in [1.82, 2.24) is 4.72 Å². The van der Waals surface area contributed by atoms with Crippen LogP contribution in [-0.4, -0.2) is 17.3 Å². The minimum atomic E-state index is -0.277. The number of hydrogen-bond acceptors (Lipinski definition) is 3. The predicted octanol–water partition coefficient (Wildman–Crippen LogP) is 1.75. The van der Waals surface area contributed by atoms with E-state index in [2.05, 4.69) is 17.5 Å². The average molecular weight is 213 g/mol. The molecule has 0 amide bonds. The molecule has 3 bridgehead atoms. The molecule has 80 valence electrons. The van der Waals surface area contributed by atoms with Crippen LogP contribution in [0.1, 0.15) is 38.5 Å². The van der Waals surface area contributed by atoms with E-state index in [1.54, 1.807) is 0 Å². The Balaban J connectivity index is 1.88. The molecule has 14 heavy (non-hydrogen) atoms. The van der Waals surface area contributed by atoms with Gasteiger partial charge < -0.3 is 5.11 Å². The van der Waals surface area contributed by atoms with Gasteiger partial charge in [0, 0.05) is 6.54 Å². The molecule has 4 unspecified atom stereocenters. The van der Waals surface area contributed by atoms with Gasteiger partial charge in [-0.2, -0.15) is 0 Å². The molecule has 2 N–H and O–H groups in total. The van der Waals surface area contributed by atoms with Crippen LogP contribution in [0.3, 0.4) is 0 Å². The third kappa shape index (κ3) is 1.18. The van der Waals surface area contributed by atoms with Crippen molar-refractivity contribution in [1.29, 1.82) is 0 Å². The fourth-order valence-corrected chi connectivity index (χ4v) is 4.75. The number of rotatable bonds is 2. The summed E-state index contributed by atoms with van der Waals surface area (Å²) >= 11 is 4.14. The topological polar surface area (TPSA) is 32.3 Å². The van der Waals surface area contributed by atoms with Gasteiger partial charge in [-0.3, -0.25) is 4.72 Å². The molecule has 0 aromatic heterocycles. The zero-order valence-electron chi connectivity index (χ0n) is 8.50. The molecule has 0 aromatic rings. The first-order chi connectivity index (χ1) is 6.66. The van der Waals surface area contributed by atoms with Gasteiger partial charge >= 0.3 is 0 Å². The zero-order valence-corrected chi connectivity index (χ0v) is 9.39. The molecule has 3 fully saturated rings. The van der Waals surface area contributed by atoms with Crippen LogP contribution < -0.4 is 4.72 Å². The largest absolute Gasteiger partial charge is 0.390 e. The van der Waals surface area contributed by atoms with E-state index in [1.165, 1.54) is 25.7 Å². The maximum Gasteiger partial charge on any atom is 0.0679 e. The molecular weight excluding hydrogens is 194 g/mol. The van der Waals surface area contributed by atoms with Gasteiger partial charge in [-0.05, 0) is 55.8 Å². The van der Waals surface area contributed by atoms with E-state index in [0.717, 1.165) is 25.3 Å². The van der Waals surface area contributed by atoms with E-state index in [1.807, 2.05) is 0 Å². The maximum absolute atomic E-state index is 10.5. The van der Waals surface area contributed by atoms with Crippen LogP contribution in [0.4, 0.5) is 0 Å². The molecule has 3 saturated carbocycles. The highest BCUT2D eigenvalue weighted by atomic mass is 32.1. The maximum atomic E-state index is 10.5. The lowest BCUT2D eigenvalue weighted by atomic mass is 9.61. The first kappa shape index (κ1) is 9.49. The Bertz CT molecular complexity index is 260. The predicted molar refractivity (Wildman–Crippen MR) is 59.1 cm³/mol. The lowest BCUT2D eigenvalue weighted by Crippen LogP contribution is -2.46. The van der Waals surface area contributed by atoms with Crippen LogP contribution in [0.15, 0.2) is 0 Å². The highest BCUT2D eigenvalue weighted by molar-refractivity contribution is 7.78. The van der Waals surface area contributed by atoms with E-state index >= 15 is 0 Å². The summed E-state index contributed by atoms with van der Waals surface area (Å²) in [5.74, 6) is 1.39. The summed E-state index contributed by atoms with van der Waals surface area (Å²) in [5, 5.41) is 10.5. The molecular formula is C11H19NOS. The molecule has 3 heteroatoms. The molecule has 3 aliphatic rings. The monoisotopic (exact) mass is 213 g/mol. The minimum absolute atomic E-state index is 0.277. The second-order valence-corrected chi connectivity index (χ2v) is 6.17. The molecule has 0 heterocycles. The zero-order chi connectivity index (χ0) is 9.81. The Labute approximate surface area is 91.0 Å². The fourth-order valence-electron chi connectivity index (χ4n) is 4.41. The quantitative estimate of drug-likeness (QED) is 0.611. The van der Waals surface area contributed by atoms with E-state index in [-0.39, 0.29) is 5.60 Å². The third-order valence-corrected chi connectivity index (χ3v) is 5.12. The Kier molecular flexibility index (Phi) is 1.96. The lowest BCUT2D eigenvalue weighted by molar-refractivity contribution is -0.0614. The summed E-state index contributed by atoms with van der Waals surface area (Å²) < 4.78 is 3.05. The number of thiol groups is 1. The standard InChI is InChI=1S/C11H19NOS/c13-11-2-1-10(7-12-14)4-8(5-11)3-9(11)6-10/h8-9,12-14H,1-7H2. The van der Waals surface area contributed by atoms with Gasteiger partial charge in [0.15, 0.2) is 0 Å². The Morgan fingerprint density at radius 3 is 2.93 bits per heavy atom. The van der Waals surface area contributed by atoms with Gasteiger partial charge in [0.25, 0.3) is 0 Å². The summed E-state index contributed by atoms with van der Waals surface area (Å²) in [7, 11) is 0. The number of hydrogen-bond donors (Lipinski definition) is 3. The van der Waals surface area contributed by atoms with E-state index < -0.39 is 0 Å². The van der Waals surface area contributed by atoms with Gasteiger partial charge in [-0.15, -0.1) is 0 Å². The van der Waals surface area contributed by atoms with Gasteiger partial charge in [0.05, 0.1) is 5.60 Å². The number of nitrogens with one attached hydrogen (secondary N) is 1. The molecule has 0 aliphatic heterocycles. The third-order valence-electron chi connectivity index (χ3n) is 4.96. The highest BCUT2D eigenvalue weighted by Crippen LogP contribution is 2.62. The van der Waals surface area contributed by atoms with Gasteiger partial charge in [0.1, 0.15) is 0 Å². The average Bonchev–Trinajstić information content (AvgIpc) is 2.29. The van der Waals surface area contributed by atoms with Crippen molar-refractivity contribution in [2.24, 2.45) is 17.3 Å². The molecule has 0 spiro atoms. The van der Waals surface area contributed by atoms with E-state index in [4.69, 9.17) is 0 Å². The first-order valence-corrected chi connectivity index (χ1v) is 6.20. The van der Waals surface area contributed by atoms with Crippen molar-refractivity contribution in [3.05, 3.63) is 0 Å². The van der Waals surface area contributed by atoms with Crippen LogP contribution in [0.25, 0.3) is 0 Å². The molecule has 3 rings (SSSR count). The van der Waals surface area contributed by atoms with Crippen LogP contribution in [0.2, 0.25) is 0 Å². The lowest BCUT2D eigenvalue weighted by Gasteiger charge is -2.47. The Hall–Kier alpha value is 0.270. The summed E-state index contributed by atoms with van der Waals surface area (Å²) in [4.78, 5) is 0. The van der Waals surface area contributed by atoms with Crippen LogP contribution in [-0.2, 0) is 0 Å². The van der Waals surface area contributed by atoms with Crippen LogP contribution in [0, 0.1) is 17.3 Å². The second kappa shape index (κ2) is 2.89. The summed E-state index contributed by atoms with van der Waals surface area (Å²) in [6, 6.07) is 0. The van der Waals surface area contributed by atoms with Crippen LogP contribution in [0.5, 0.6) is 0 Å². The van der Waals surface area contributed by atoms with Crippen molar-refractivity contribution in [3.63, 3.8) is 0 Å². The number of fused-ring (bicyclic) bond motifs is 2. The Morgan fingerprint density at radius 1 is 1.29 bits per heavy atom. The fraction of sp³-hybridized carbons (Fsp3) is 1.00. The molecule has 4 atom stereocenters.